The minimum atomic E-state index is -0.378. The lowest BCUT2D eigenvalue weighted by Gasteiger charge is -2.12. The van der Waals surface area contributed by atoms with Crippen LogP contribution in [0.3, 0.4) is 0 Å². The second-order valence-corrected chi connectivity index (χ2v) is 7.40. The standard InChI is InChI=1S/C20H16N2O3S/c23-20-15(19-22-16-3-1-2-4-18(16)26-19)9-12-5-6-13(10-17(12)25-20)24-14-7-8-21-11-14/h1-6,9-10,14,21H,7-8,11H2/t14-/m1/s1. The van der Waals surface area contributed by atoms with Gasteiger partial charge in [-0.15, -0.1) is 11.3 Å². The Morgan fingerprint density at radius 1 is 1.19 bits per heavy atom. The van der Waals surface area contributed by atoms with Crippen molar-refractivity contribution in [2.24, 2.45) is 0 Å². The first-order valence-electron chi connectivity index (χ1n) is 8.57. The van der Waals surface area contributed by atoms with E-state index in [2.05, 4.69) is 10.3 Å². The highest BCUT2D eigenvalue weighted by Gasteiger charge is 2.17. The van der Waals surface area contributed by atoms with E-state index in [4.69, 9.17) is 9.15 Å². The van der Waals surface area contributed by atoms with Crippen LogP contribution >= 0.6 is 11.3 Å². The van der Waals surface area contributed by atoms with Crippen LogP contribution in [-0.2, 0) is 0 Å². The summed E-state index contributed by atoms with van der Waals surface area (Å²) >= 11 is 1.49. The van der Waals surface area contributed by atoms with Crippen molar-refractivity contribution in [2.45, 2.75) is 12.5 Å². The van der Waals surface area contributed by atoms with Gasteiger partial charge in [0, 0.05) is 18.0 Å². The lowest BCUT2D eigenvalue weighted by atomic mass is 10.2. The summed E-state index contributed by atoms with van der Waals surface area (Å²) in [6.07, 6.45) is 1.15. The number of nitrogens with zero attached hydrogens (tertiary/aromatic N) is 1. The second-order valence-electron chi connectivity index (χ2n) is 6.37. The second kappa shape index (κ2) is 6.23. The van der Waals surface area contributed by atoms with Crippen LogP contribution in [0.2, 0.25) is 0 Å². The van der Waals surface area contributed by atoms with Gasteiger partial charge >= 0.3 is 5.63 Å². The molecule has 2 aromatic heterocycles. The van der Waals surface area contributed by atoms with Gasteiger partial charge in [-0.2, -0.15) is 0 Å². The molecule has 1 atom stereocenters. The van der Waals surface area contributed by atoms with Gasteiger partial charge in [0.15, 0.2) is 0 Å². The van der Waals surface area contributed by atoms with Crippen molar-refractivity contribution in [2.75, 3.05) is 13.1 Å². The van der Waals surface area contributed by atoms with Crippen molar-refractivity contribution in [3.63, 3.8) is 0 Å². The highest BCUT2D eigenvalue weighted by Crippen LogP contribution is 2.30. The van der Waals surface area contributed by atoms with Gasteiger partial charge in [0.2, 0.25) is 0 Å². The molecule has 130 valence electrons. The number of hydrogen-bond acceptors (Lipinski definition) is 6. The maximum absolute atomic E-state index is 12.5. The Bertz CT molecular complexity index is 1130. The summed E-state index contributed by atoms with van der Waals surface area (Å²) < 4.78 is 12.6. The molecular weight excluding hydrogens is 348 g/mol. The summed E-state index contributed by atoms with van der Waals surface area (Å²) in [6.45, 7) is 1.82. The number of rotatable bonds is 3. The minimum absolute atomic E-state index is 0.168. The van der Waals surface area contributed by atoms with E-state index < -0.39 is 0 Å². The molecule has 1 aliphatic heterocycles. The van der Waals surface area contributed by atoms with E-state index in [-0.39, 0.29) is 11.7 Å². The monoisotopic (exact) mass is 364 g/mol. The van der Waals surface area contributed by atoms with Gasteiger partial charge < -0.3 is 14.5 Å². The van der Waals surface area contributed by atoms with Gasteiger partial charge in [-0.05, 0) is 43.3 Å². The molecular formula is C20H16N2O3S. The Balaban J connectivity index is 1.55. The SMILES string of the molecule is O=c1oc2cc(O[C@@H]3CCNC3)ccc2cc1-c1nc2ccccc2s1. The average molecular weight is 364 g/mol. The van der Waals surface area contributed by atoms with E-state index in [1.807, 2.05) is 42.5 Å². The van der Waals surface area contributed by atoms with Crippen LogP contribution in [0.4, 0.5) is 0 Å². The maximum atomic E-state index is 12.5. The van der Waals surface area contributed by atoms with Crippen LogP contribution in [0.5, 0.6) is 5.75 Å². The van der Waals surface area contributed by atoms with Crippen molar-refractivity contribution in [1.82, 2.24) is 10.3 Å². The number of para-hydroxylation sites is 1. The first-order valence-corrected chi connectivity index (χ1v) is 9.39. The van der Waals surface area contributed by atoms with Gasteiger partial charge in [-0.25, -0.2) is 9.78 Å². The number of ether oxygens (including phenoxy) is 1. The molecule has 5 nitrogen and oxygen atoms in total. The Morgan fingerprint density at radius 2 is 2.12 bits per heavy atom. The van der Waals surface area contributed by atoms with Gasteiger partial charge in [0.05, 0.1) is 15.8 Å². The van der Waals surface area contributed by atoms with Crippen LogP contribution in [0.25, 0.3) is 31.8 Å². The molecule has 0 spiro atoms. The fraction of sp³-hybridized carbons (Fsp3) is 0.200. The molecule has 0 saturated carbocycles. The average Bonchev–Trinajstić information content (AvgIpc) is 3.30. The Hall–Kier alpha value is -2.70. The van der Waals surface area contributed by atoms with Crippen LogP contribution in [0.1, 0.15) is 6.42 Å². The smallest absolute Gasteiger partial charge is 0.346 e. The topological polar surface area (TPSA) is 64.4 Å². The summed E-state index contributed by atoms with van der Waals surface area (Å²) in [4.78, 5) is 17.1. The number of benzene rings is 2. The summed E-state index contributed by atoms with van der Waals surface area (Å²) in [5.74, 6) is 0.724. The normalized spacial score (nSPS) is 17.2. The quantitative estimate of drug-likeness (QED) is 0.560. The first-order chi connectivity index (χ1) is 12.8. The fourth-order valence-electron chi connectivity index (χ4n) is 3.22. The van der Waals surface area contributed by atoms with Crippen LogP contribution in [0, 0.1) is 0 Å². The zero-order valence-corrected chi connectivity index (χ0v) is 14.7. The minimum Gasteiger partial charge on any atom is -0.489 e. The summed E-state index contributed by atoms with van der Waals surface area (Å²) in [5.41, 5.74) is 1.54. The molecule has 6 heteroatoms. The van der Waals surface area contributed by atoms with Crippen molar-refractivity contribution in [1.29, 1.82) is 0 Å². The maximum Gasteiger partial charge on any atom is 0.346 e. The molecule has 3 heterocycles. The first kappa shape index (κ1) is 15.5. The Labute approximate surface area is 153 Å². The van der Waals surface area contributed by atoms with Crippen LogP contribution in [-0.4, -0.2) is 24.2 Å². The predicted molar refractivity (Wildman–Crippen MR) is 103 cm³/mol. The molecule has 1 saturated heterocycles. The van der Waals surface area contributed by atoms with Crippen molar-refractivity contribution >= 4 is 32.5 Å². The van der Waals surface area contributed by atoms with Crippen molar-refractivity contribution < 1.29 is 9.15 Å². The summed E-state index contributed by atoms with van der Waals surface area (Å²) in [7, 11) is 0. The molecule has 1 aliphatic rings. The zero-order chi connectivity index (χ0) is 17.5. The van der Waals surface area contributed by atoms with Crippen LogP contribution < -0.4 is 15.7 Å². The molecule has 2 aromatic carbocycles. The number of nitrogens with one attached hydrogen (secondary N) is 1. The zero-order valence-electron chi connectivity index (χ0n) is 13.9. The van der Waals surface area contributed by atoms with Crippen LogP contribution in [0.15, 0.2) is 57.7 Å². The van der Waals surface area contributed by atoms with Gasteiger partial charge in [-0.1, -0.05) is 12.1 Å². The molecule has 0 amide bonds. The van der Waals surface area contributed by atoms with E-state index in [0.29, 0.717) is 16.2 Å². The predicted octanol–water partition coefficient (Wildman–Crippen LogP) is 3.81. The van der Waals surface area contributed by atoms with Crippen molar-refractivity contribution in [3.05, 3.63) is 59.0 Å². The highest BCUT2D eigenvalue weighted by molar-refractivity contribution is 7.21. The van der Waals surface area contributed by atoms with E-state index in [1.165, 1.54) is 11.3 Å². The van der Waals surface area contributed by atoms with Crippen molar-refractivity contribution in [3.8, 4) is 16.3 Å². The number of hydrogen-bond donors (Lipinski definition) is 1. The molecule has 5 rings (SSSR count). The molecule has 26 heavy (non-hydrogen) atoms. The highest BCUT2D eigenvalue weighted by atomic mass is 32.1. The lowest BCUT2D eigenvalue weighted by Crippen LogP contribution is -2.19. The lowest BCUT2D eigenvalue weighted by molar-refractivity contribution is 0.223. The van der Waals surface area contributed by atoms with Gasteiger partial charge in [0.1, 0.15) is 22.4 Å². The molecule has 0 bridgehead atoms. The fourth-order valence-corrected chi connectivity index (χ4v) is 4.19. The third-order valence-corrected chi connectivity index (χ3v) is 5.62. The largest absolute Gasteiger partial charge is 0.489 e. The Kier molecular flexibility index (Phi) is 3.72. The molecule has 0 unspecified atom stereocenters. The third kappa shape index (κ3) is 2.77. The van der Waals surface area contributed by atoms with Gasteiger partial charge in [0.25, 0.3) is 0 Å². The molecule has 1 fully saturated rings. The number of thiazole rings is 1. The third-order valence-electron chi connectivity index (χ3n) is 4.55. The van der Waals surface area contributed by atoms with E-state index >= 15 is 0 Å². The molecule has 1 N–H and O–H groups in total. The van der Waals surface area contributed by atoms with E-state index in [9.17, 15) is 4.79 Å². The molecule has 4 aromatic rings. The Morgan fingerprint density at radius 3 is 2.96 bits per heavy atom. The van der Waals surface area contributed by atoms with E-state index in [1.54, 1.807) is 6.07 Å². The van der Waals surface area contributed by atoms with E-state index in [0.717, 1.165) is 40.9 Å². The number of aromatic nitrogens is 1. The summed E-state index contributed by atoms with van der Waals surface area (Å²) in [6, 6.07) is 15.3. The molecule has 0 aliphatic carbocycles. The number of fused-ring (bicyclic) bond motifs is 2. The molecule has 0 radical (unpaired) electrons. The van der Waals surface area contributed by atoms with Gasteiger partial charge in [-0.3, -0.25) is 0 Å². The summed E-state index contributed by atoms with van der Waals surface area (Å²) in [5, 5.41) is 4.81.